The van der Waals surface area contributed by atoms with Crippen LogP contribution in [0.15, 0.2) is 0 Å². The Balaban J connectivity index is 3.93. The zero-order chi connectivity index (χ0) is 12.0. The molecule has 0 radical (unpaired) electrons. The summed E-state index contributed by atoms with van der Waals surface area (Å²) >= 11 is 0. The molecule has 0 aromatic heterocycles. The van der Waals surface area contributed by atoms with Gasteiger partial charge in [-0.2, -0.15) is 0 Å². The van der Waals surface area contributed by atoms with Gasteiger partial charge < -0.3 is 15.3 Å². The Hall–Kier alpha value is -1.40. The summed E-state index contributed by atoms with van der Waals surface area (Å²) in [4.78, 5) is 22.6. The van der Waals surface area contributed by atoms with E-state index in [1.807, 2.05) is 5.32 Å². The van der Waals surface area contributed by atoms with Gasteiger partial charge in [0.2, 0.25) is 0 Å². The molecule has 0 heterocycles. The van der Waals surface area contributed by atoms with Crippen molar-refractivity contribution >= 4 is 12.0 Å². The third-order valence-corrected chi connectivity index (χ3v) is 1.72. The maximum atomic E-state index is 11.7. The van der Waals surface area contributed by atoms with Gasteiger partial charge in [0.1, 0.15) is 0 Å². The van der Waals surface area contributed by atoms with Gasteiger partial charge in [0.25, 0.3) is 6.43 Å². The van der Waals surface area contributed by atoms with Crippen LogP contribution in [-0.2, 0) is 4.79 Å². The van der Waals surface area contributed by atoms with Crippen LogP contribution in [0.4, 0.5) is 13.6 Å². The molecule has 0 aromatic rings. The molecule has 5 nitrogen and oxygen atoms in total. The minimum Gasteiger partial charge on any atom is -0.481 e. The highest BCUT2D eigenvalue weighted by atomic mass is 19.3. The number of nitrogens with zero attached hydrogens (tertiary/aromatic N) is 1. The lowest BCUT2D eigenvalue weighted by Gasteiger charge is -2.19. The first kappa shape index (κ1) is 13.6. The summed E-state index contributed by atoms with van der Waals surface area (Å²) in [6, 6.07) is -0.705. The standard InChI is InChI=1S/C8H14F2N2O3/c1-5(7(13)14)4-12(2)8(15)11-3-6(9)10/h5-6H,3-4H2,1-2H3,(H,11,15)(H,13,14). The number of carboxylic acids is 1. The Morgan fingerprint density at radius 1 is 1.47 bits per heavy atom. The fraction of sp³-hybridized carbons (Fsp3) is 0.750. The molecule has 2 N–H and O–H groups in total. The van der Waals surface area contributed by atoms with Crippen LogP contribution >= 0.6 is 0 Å². The molecule has 15 heavy (non-hydrogen) atoms. The van der Waals surface area contributed by atoms with Gasteiger partial charge >= 0.3 is 12.0 Å². The smallest absolute Gasteiger partial charge is 0.317 e. The van der Waals surface area contributed by atoms with Crippen molar-refractivity contribution in [2.45, 2.75) is 13.3 Å². The van der Waals surface area contributed by atoms with Gasteiger partial charge in [0.15, 0.2) is 0 Å². The fourth-order valence-corrected chi connectivity index (χ4v) is 0.871. The highest BCUT2D eigenvalue weighted by Gasteiger charge is 2.17. The van der Waals surface area contributed by atoms with Crippen LogP contribution in [0.2, 0.25) is 0 Å². The van der Waals surface area contributed by atoms with E-state index in [-0.39, 0.29) is 6.54 Å². The second-order valence-corrected chi connectivity index (χ2v) is 3.20. The lowest BCUT2D eigenvalue weighted by molar-refractivity contribution is -0.141. The minimum atomic E-state index is -2.61. The second-order valence-electron chi connectivity index (χ2n) is 3.20. The van der Waals surface area contributed by atoms with Crippen molar-refractivity contribution in [1.29, 1.82) is 0 Å². The molecule has 0 saturated carbocycles. The Morgan fingerprint density at radius 2 is 2.00 bits per heavy atom. The number of hydrogen-bond donors (Lipinski definition) is 2. The molecular formula is C8H14F2N2O3. The number of halogens is 2. The normalized spacial score (nSPS) is 12.3. The predicted molar refractivity (Wildman–Crippen MR) is 48.8 cm³/mol. The quantitative estimate of drug-likeness (QED) is 0.719. The average Bonchev–Trinajstić information content (AvgIpc) is 2.13. The Kier molecular flexibility index (Phi) is 5.58. The zero-order valence-corrected chi connectivity index (χ0v) is 8.54. The van der Waals surface area contributed by atoms with Gasteiger partial charge in [-0.3, -0.25) is 4.79 Å². The monoisotopic (exact) mass is 224 g/mol. The summed E-state index contributed by atoms with van der Waals surface area (Å²) in [5.74, 6) is -1.77. The lowest BCUT2D eigenvalue weighted by Crippen LogP contribution is -2.42. The van der Waals surface area contributed by atoms with Gasteiger partial charge in [-0.25, -0.2) is 13.6 Å². The number of hydrogen-bond acceptors (Lipinski definition) is 2. The molecule has 0 saturated heterocycles. The number of alkyl halides is 2. The average molecular weight is 224 g/mol. The molecule has 7 heteroatoms. The molecule has 0 aliphatic rings. The number of nitrogens with one attached hydrogen (secondary N) is 1. The number of carboxylic acid groups (broad SMARTS) is 1. The molecular weight excluding hydrogens is 210 g/mol. The number of carbonyl (C=O) groups is 2. The van der Waals surface area contributed by atoms with Gasteiger partial charge in [-0.15, -0.1) is 0 Å². The summed E-state index contributed by atoms with van der Waals surface area (Å²) in [7, 11) is 1.35. The summed E-state index contributed by atoms with van der Waals surface area (Å²) < 4.78 is 23.4. The first-order valence-corrected chi connectivity index (χ1v) is 4.34. The van der Waals surface area contributed by atoms with E-state index in [0.717, 1.165) is 4.90 Å². The number of aliphatic carboxylic acids is 1. The van der Waals surface area contributed by atoms with Crippen LogP contribution < -0.4 is 5.32 Å². The van der Waals surface area contributed by atoms with Crippen molar-refractivity contribution in [3.05, 3.63) is 0 Å². The molecule has 88 valence electrons. The highest BCUT2D eigenvalue weighted by Crippen LogP contribution is 1.98. The molecule has 0 rings (SSSR count). The number of rotatable bonds is 5. The Bertz CT molecular complexity index is 236. The molecule has 1 unspecified atom stereocenters. The van der Waals surface area contributed by atoms with Gasteiger partial charge in [-0.05, 0) is 0 Å². The van der Waals surface area contributed by atoms with Crippen LogP contribution in [0.25, 0.3) is 0 Å². The summed E-state index contributed by atoms with van der Waals surface area (Å²) in [6.45, 7) is 0.675. The van der Waals surface area contributed by atoms with E-state index < -0.39 is 30.9 Å². The second kappa shape index (κ2) is 6.15. The summed E-state index contributed by atoms with van der Waals surface area (Å²) in [6.07, 6.45) is -2.61. The lowest BCUT2D eigenvalue weighted by atomic mass is 10.2. The maximum Gasteiger partial charge on any atom is 0.317 e. The first-order valence-electron chi connectivity index (χ1n) is 4.34. The molecule has 2 amide bonds. The van der Waals surface area contributed by atoms with E-state index in [0.29, 0.717) is 0 Å². The SMILES string of the molecule is CC(CN(C)C(=O)NCC(F)F)C(=O)O. The van der Waals surface area contributed by atoms with E-state index >= 15 is 0 Å². The van der Waals surface area contributed by atoms with Gasteiger partial charge in [0, 0.05) is 13.6 Å². The first-order chi connectivity index (χ1) is 6.84. The molecule has 1 atom stereocenters. The van der Waals surface area contributed by atoms with Crippen LogP contribution in [0, 0.1) is 5.92 Å². The Morgan fingerprint density at radius 3 is 2.40 bits per heavy atom. The van der Waals surface area contributed by atoms with Crippen LogP contribution in [0.1, 0.15) is 6.92 Å². The summed E-state index contributed by atoms with van der Waals surface area (Å²) in [5, 5.41) is 10.5. The third kappa shape index (κ3) is 5.82. The van der Waals surface area contributed by atoms with Crippen LogP contribution in [-0.4, -0.2) is 48.6 Å². The van der Waals surface area contributed by atoms with Crippen molar-refractivity contribution in [1.82, 2.24) is 10.2 Å². The predicted octanol–water partition coefficient (Wildman–Crippen LogP) is 0.614. The molecule has 0 bridgehead atoms. The number of amides is 2. The molecule has 0 aliphatic heterocycles. The van der Waals surface area contributed by atoms with Gasteiger partial charge in [0.05, 0.1) is 12.5 Å². The van der Waals surface area contributed by atoms with Crippen molar-refractivity contribution in [3.63, 3.8) is 0 Å². The number of carbonyl (C=O) groups excluding carboxylic acids is 1. The molecule has 0 aromatic carbocycles. The van der Waals surface area contributed by atoms with E-state index in [2.05, 4.69) is 0 Å². The topological polar surface area (TPSA) is 69.6 Å². The van der Waals surface area contributed by atoms with E-state index in [1.165, 1.54) is 14.0 Å². The maximum absolute atomic E-state index is 11.7. The third-order valence-electron chi connectivity index (χ3n) is 1.72. The summed E-state index contributed by atoms with van der Waals surface area (Å²) in [5.41, 5.74) is 0. The van der Waals surface area contributed by atoms with E-state index in [4.69, 9.17) is 5.11 Å². The van der Waals surface area contributed by atoms with E-state index in [1.54, 1.807) is 0 Å². The van der Waals surface area contributed by atoms with Crippen molar-refractivity contribution in [2.75, 3.05) is 20.1 Å². The van der Waals surface area contributed by atoms with Crippen molar-refractivity contribution in [3.8, 4) is 0 Å². The van der Waals surface area contributed by atoms with Crippen molar-refractivity contribution < 1.29 is 23.5 Å². The minimum absolute atomic E-state index is 0.0234. The van der Waals surface area contributed by atoms with Crippen LogP contribution in [0.5, 0.6) is 0 Å². The largest absolute Gasteiger partial charge is 0.481 e. The van der Waals surface area contributed by atoms with E-state index in [9.17, 15) is 18.4 Å². The molecule has 0 spiro atoms. The van der Waals surface area contributed by atoms with Crippen LogP contribution in [0.3, 0.4) is 0 Å². The fourth-order valence-electron chi connectivity index (χ4n) is 0.871. The zero-order valence-electron chi connectivity index (χ0n) is 8.54. The van der Waals surface area contributed by atoms with Crippen molar-refractivity contribution in [2.24, 2.45) is 5.92 Å². The molecule has 0 aliphatic carbocycles. The molecule has 0 fully saturated rings. The van der Waals surface area contributed by atoms with Gasteiger partial charge in [-0.1, -0.05) is 6.92 Å². The number of urea groups is 1. The highest BCUT2D eigenvalue weighted by molar-refractivity contribution is 5.75. The Labute approximate surface area is 86.1 Å².